The van der Waals surface area contributed by atoms with Crippen LogP contribution in [0.15, 0.2) is 43.7 Å². The Bertz CT molecular complexity index is 2570. The Morgan fingerprint density at radius 3 is 0.861 bits per heavy atom. The maximum atomic E-state index is 12.2. The number of hydrogen-bond donors (Lipinski definition) is 10. The average Bonchev–Trinajstić information content (AvgIpc) is 1.68. The molecule has 2 aromatic heterocycles. The van der Waals surface area contributed by atoms with Gasteiger partial charge in [0.25, 0.3) is 11.1 Å². The molecule has 30 nitrogen and oxygen atoms in total. The van der Waals surface area contributed by atoms with Crippen LogP contribution in [0.1, 0.15) is 250 Å². The minimum atomic E-state index is -5.88. The molecule has 10 N–H and O–H groups in total. The summed E-state index contributed by atoms with van der Waals surface area (Å²) in [4.78, 5) is 99.8. The smallest absolute Gasteiger partial charge is 0.387 e. The molecule has 2 aliphatic heterocycles. The van der Waals surface area contributed by atoms with Crippen LogP contribution in [0.2, 0.25) is 0 Å². The summed E-state index contributed by atoms with van der Waals surface area (Å²) in [6.45, 7) is 40.9. The Labute approximate surface area is 606 Å². The first-order valence-corrected chi connectivity index (χ1v) is 42.6. The van der Waals surface area contributed by atoms with Crippen molar-refractivity contribution in [2.24, 2.45) is 0 Å². The van der Waals surface area contributed by atoms with Crippen molar-refractivity contribution in [1.82, 2.24) is 38.7 Å². The summed E-state index contributed by atoms with van der Waals surface area (Å²) in [7, 11) is -20.9. The zero-order chi connectivity index (χ0) is 75.5. The van der Waals surface area contributed by atoms with Crippen molar-refractivity contribution in [2.45, 2.75) is 286 Å². The van der Waals surface area contributed by atoms with Gasteiger partial charge >= 0.3 is 43.4 Å². The highest BCUT2D eigenvalue weighted by Gasteiger charge is 2.48. The summed E-state index contributed by atoms with van der Waals surface area (Å²) in [5.74, 6) is 0. The van der Waals surface area contributed by atoms with Crippen molar-refractivity contribution in [2.75, 3.05) is 91.8 Å². The summed E-state index contributed by atoms with van der Waals surface area (Å²) >= 11 is 0. The monoisotopic (exact) mass is 1530 g/mol. The molecule has 12 atom stereocenters. The molecule has 0 bridgehead atoms. The minimum Gasteiger partial charge on any atom is -0.387 e. The third-order valence-electron chi connectivity index (χ3n) is 16.2. The van der Waals surface area contributed by atoms with E-state index in [1.54, 1.807) is 0 Å². The van der Waals surface area contributed by atoms with Gasteiger partial charge in [-0.2, -0.15) is 4.31 Å². The number of unbranched alkanes of at least 4 members (excludes halogenated alkanes) is 12. The number of rotatable bonds is 50. The molecule has 593 valence electrons. The van der Waals surface area contributed by atoms with E-state index in [-0.39, 0.29) is 8.41 Å². The predicted octanol–water partition coefficient (Wildman–Crippen LogP) is 10.3. The average molecular weight is 1530 g/mol. The van der Waals surface area contributed by atoms with E-state index in [4.69, 9.17) is 9.47 Å². The number of aromatic nitrogens is 4. The Morgan fingerprint density at radius 1 is 0.406 bits per heavy atom. The molecule has 3 radical (unpaired) electrons. The lowest BCUT2D eigenvalue weighted by Crippen LogP contribution is -2.37. The van der Waals surface area contributed by atoms with Crippen LogP contribution in [0, 0.1) is 0 Å². The molecule has 2 aromatic rings. The highest BCUT2D eigenvalue weighted by molar-refractivity contribution is 7.67. The van der Waals surface area contributed by atoms with Gasteiger partial charge in [0.2, 0.25) is 0 Å². The molecular formula is C66H134BN8O22P4. The van der Waals surface area contributed by atoms with Gasteiger partial charge in [-0.3, -0.25) is 37.7 Å². The molecule has 101 heavy (non-hydrogen) atoms. The third kappa shape index (κ3) is 45.9. The van der Waals surface area contributed by atoms with Crippen LogP contribution < -0.4 is 22.5 Å². The normalized spacial score (nSPS) is 20.9. The van der Waals surface area contributed by atoms with E-state index in [1.807, 2.05) is 9.97 Å². The predicted molar refractivity (Wildman–Crippen MR) is 399 cm³/mol. The van der Waals surface area contributed by atoms with Crippen molar-refractivity contribution in [3.05, 3.63) is 66.2 Å². The van der Waals surface area contributed by atoms with Crippen LogP contribution in [0.5, 0.6) is 0 Å². The van der Waals surface area contributed by atoms with Gasteiger partial charge in [-0.25, -0.2) is 31.9 Å². The maximum absolute atomic E-state index is 12.2. The van der Waals surface area contributed by atoms with E-state index in [1.165, 1.54) is 233 Å². The van der Waals surface area contributed by atoms with Crippen LogP contribution in [0.25, 0.3) is 0 Å². The van der Waals surface area contributed by atoms with Crippen LogP contribution >= 0.6 is 32.1 Å². The van der Waals surface area contributed by atoms with Crippen molar-refractivity contribution in [1.29, 1.82) is 0 Å². The number of aromatic amines is 2. The van der Waals surface area contributed by atoms with E-state index in [0.29, 0.717) is 9.13 Å². The summed E-state index contributed by atoms with van der Waals surface area (Å²) in [6.07, 6.45) is 20.3. The van der Waals surface area contributed by atoms with Crippen LogP contribution in [-0.2, 0) is 45.1 Å². The maximum Gasteiger partial charge on any atom is 0.488 e. The van der Waals surface area contributed by atoms with Gasteiger partial charge in [0.05, 0.1) is 13.2 Å². The Balaban J connectivity index is 0. The SMILES string of the molecule is CCCCN(CCCC)CCCC.CCCCN(CCCC)CCCC.CCCCN(CCCC)CCCC.CCCCN(CCCC)CCCC.O=c1ccn([C@@H]2O[C@H](COP(=O)(O)OP(O)OP(=O)(O)OP(=O)(O)OC[C@H]3O[C@@H](n4ccc(=O)[nH]c4=O)[C@H](O)[C@@H]3O)[C@@H](O)[C@H]2O)c(=O)[nH]1.[B]. The molecule has 0 saturated carbocycles. The minimum absolute atomic E-state index is 0. The van der Waals surface area contributed by atoms with Gasteiger partial charge in [-0.1, -0.05) is 160 Å². The summed E-state index contributed by atoms with van der Waals surface area (Å²) in [5, 5.41) is 40.7. The number of phosphoric ester groups is 2. The quantitative estimate of drug-likeness (QED) is 0.0217. The molecule has 0 spiro atoms. The molecule has 0 amide bonds. The number of H-pyrrole nitrogens is 2. The van der Waals surface area contributed by atoms with E-state index in [9.17, 15) is 72.9 Å². The van der Waals surface area contributed by atoms with E-state index in [0.717, 1.165) is 24.5 Å². The fourth-order valence-electron chi connectivity index (χ4n) is 10.1. The Kier molecular flexibility index (Phi) is 59.7. The highest BCUT2D eigenvalue weighted by atomic mass is 31.3. The van der Waals surface area contributed by atoms with Crippen molar-refractivity contribution >= 4 is 40.5 Å². The molecule has 2 fully saturated rings. The first kappa shape index (κ1) is 101. The third-order valence-corrected chi connectivity index (χ3v) is 21.6. The first-order chi connectivity index (χ1) is 47.6. The van der Waals surface area contributed by atoms with E-state index in [2.05, 4.69) is 125 Å². The number of hydrogen-bond acceptors (Lipinski definition) is 23. The van der Waals surface area contributed by atoms with Gasteiger partial charge in [0.1, 0.15) is 36.6 Å². The van der Waals surface area contributed by atoms with Gasteiger partial charge in [0, 0.05) is 32.9 Å². The van der Waals surface area contributed by atoms with Gasteiger partial charge in [-0.05, 0) is 156 Å². The van der Waals surface area contributed by atoms with Crippen molar-refractivity contribution in [3.8, 4) is 0 Å². The highest BCUT2D eigenvalue weighted by Crippen LogP contribution is 2.68. The first-order valence-electron chi connectivity index (χ1n) is 37.0. The standard InChI is InChI=1S/C18H26N4O22P4.4C12H27N.B/c23-9-1-3-21(17(29)19-9)15-13(27)11(25)7(40-15)5-38-46(32,33)42-45(31)43-48(36,37)44-47(34,35)39-6-8-12(26)14(28)16(41-8)22-4-2-10(24)20-18(22)30;4*1-4-7-10-13(11-8-5-2)12-9-6-3;/h1-4,7-8,11-16,25-28,31H,5-6H2,(H,32,33)(H,34,35)(H,36,37)(H,19,23,29)(H,20,24,30);4*4-12H2,1-3H3;/t7-,8-,11-,12-,13-,14-,15-,16-,45?;;;;;/m1...../s1. The van der Waals surface area contributed by atoms with Crippen molar-refractivity contribution < 1.29 is 85.1 Å². The molecular weight excluding hydrogens is 1390 g/mol. The molecule has 0 aliphatic carbocycles. The van der Waals surface area contributed by atoms with Gasteiger partial charge in [-0.15, -0.1) is 0 Å². The number of nitrogens with zero attached hydrogens (tertiary/aromatic N) is 6. The number of ether oxygens (including phenoxy) is 2. The molecule has 0 aromatic carbocycles. The second-order valence-corrected chi connectivity index (χ2v) is 31.0. The zero-order valence-electron chi connectivity index (χ0n) is 63.1. The summed E-state index contributed by atoms with van der Waals surface area (Å²) in [5.41, 5.74) is -3.66. The second kappa shape index (κ2) is 59.8. The number of aliphatic hydroxyl groups excluding tert-OH is 4. The molecule has 4 unspecified atom stereocenters. The van der Waals surface area contributed by atoms with Gasteiger partial charge in [0.15, 0.2) is 12.5 Å². The summed E-state index contributed by atoms with van der Waals surface area (Å²) < 4.78 is 69.4. The van der Waals surface area contributed by atoms with Gasteiger partial charge < -0.3 is 69.1 Å². The fourth-order valence-corrected chi connectivity index (χ4v) is 14.4. The molecule has 35 heteroatoms. The lowest BCUT2D eigenvalue weighted by atomic mass is 10.1. The second-order valence-electron chi connectivity index (χ2n) is 25.2. The molecule has 2 saturated heterocycles. The Hall–Kier alpha value is -2.22. The molecule has 4 heterocycles. The van der Waals surface area contributed by atoms with E-state index < -0.39 is 117 Å². The lowest BCUT2D eigenvalue weighted by molar-refractivity contribution is -0.0543. The van der Waals surface area contributed by atoms with Crippen LogP contribution in [0.4, 0.5) is 0 Å². The topological polar surface area (TPSA) is 400 Å². The summed E-state index contributed by atoms with van der Waals surface area (Å²) in [6, 6.07) is 1.79. The lowest BCUT2D eigenvalue weighted by Gasteiger charge is -2.21. The van der Waals surface area contributed by atoms with E-state index >= 15 is 0 Å². The molecule has 2 aliphatic rings. The van der Waals surface area contributed by atoms with Crippen LogP contribution in [-0.4, -0.2) is 215 Å². The number of phosphoric acid groups is 3. The molecule has 4 rings (SSSR count). The van der Waals surface area contributed by atoms with Crippen molar-refractivity contribution in [3.63, 3.8) is 0 Å². The number of nitrogens with one attached hydrogen (secondary N) is 2. The Morgan fingerprint density at radius 2 is 0.634 bits per heavy atom. The largest absolute Gasteiger partial charge is 0.488 e. The van der Waals surface area contributed by atoms with Crippen LogP contribution in [0.3, 0.4) is 0 Å². The number of aliphatic hydroxyl groups is 4. The zero-order valence-corrected chi connectivity index (χ0v) is 66.7. The fraction of sp³-hybridized carbons (Fsp3) is 0.879.